The highest BCUT2D eigenvalue weighted by Crippen LogP contribution is 2.13. The third-order valence-corrected chi connectivity index (χ3v) is 2.43. The van der Waals surface area contributed by atoms with Crippen LogP contribution < -0.4 is 0 Å². The monoisotopic (exact) mass is 241 g/mol. The Labute approximate surface area is 100 Å². The summed E-state index contributed by atoms with van der Waals surface area (Å²) in [5.74, 6) is -1.71. The van der Waals surface area contributed by atoms with Gasteiger partial charge in [-0.15, -0.1) is 0 Å². The molecule has 4 heteroatoms. The van der Waals surface area contributed by atoms with Gasteiger partial charge >= 0.3 is 0 Å². The molecule has 17 heavy (non-hydrogen) atoms. The van der Waals surface area contributed by atoms with Crippen molar-refractivity contribution in [2.45, 2.75) is 26.7 Å². The fraction of sp³-hybridized carbons (Fsp3) is 0.462. The lowest BCUT2D eigenvalue weighted by atomic mass is 10.1. The predicted molar refractivity (Wildman–Crippen MR) is 62.8 cm³/mol. The second kappa shape index (κ2) is 6.33. The van der Waals surface area contributed by atoms with E-state index in [0.717, 1.165) is 31.0 Å². The summed E-state index contributed by atoms with van der Waals surface area (Å²) in [4.78, 5) is 13.6. The molecule has 0 aliphatic rings. The molecule has 0 heterocycles. The molecule has 0 aliphatic heterocycles. The van der Waals surface area contributed by atoms with E-state index < -0.39 is 17.5 Å². The lowest BCUT2D eigenvalue weighted by Gasteiger charge is -2.21. The molecule has 0 N–H and O–H groups in total. The zero-order valence-electron chi connectivity index (χ0n) is 10.2. The molecule has 0 unspecified atom stereocenters. The lowest BCUT2D eigenvalue weighted by molar-refractivity contribution is 0.0750. The fourth-order valence-electron chi connectivity index (χ4n) is 1.69. The average Bonchev–Trinajstić information content (AvgIpc) is 2.31. The zero-order valence-corrected chi connectivity index (χ0v) is 10.2. The van der Waals surface area contributed by atoms with Crippen molar-refractivity contribution in [3.05, 3.63) is 35.4 Å². The van der Waals surface area contributed by atoms with Gasteiger partial charge in [0, 0.05) is 13.1 Å². The first-order valence-corrected chi connectivity index (χ1v) is 5.84. The lowest BCUT2D eigenvalue weighted by Crippen LogP contribution is -2.33. The minimum Gasteiger partial charge on any atom is -0.339 e. The van der Waals surface area contributed by atoms with Crippen molar-refractivity contribution in [2.24, 2.45) is 0 Å². The summed E-state index contributed by atoms with van der Waals surface area (Å²) in [6.45, 7) is 5.00. The van der Waals surface area contributed by atoms with Gasteiger partial charge < -0.3 is 4.90 Å². The summed E-state index contributed by atoms with van der Waals surface area (Å²) in [5.41, 5.74) is -0.188. The van der Waals surface area contributed by atoms with Gasteiger partial charge in [0.1, 0.15) is 11.6 Å². The van der Waals surface area contributed by atoms with Gasteiger partial charge in [0.05, 0.1) is 5.56 Å². The number of nitrogens with zero attached hydrogens (tertiary/aromatic N) is 1. The van der Waals surface area contributed by atoms with E-state index in [-0.39, 0.29) is 5.56 Å². The van der Waals surface area contributed by atoms with Crippen LogP contribution in [0.25, 0.3) is 0 Å². The van der Waals surface area contributed by atoms with Crippen LogP contribution in [0.3, 0.4) is 0 Å². The first-order valence-electron chi connectivity index (χ1n) is 5.84. The molecule has 1 aromatic rings. The molecule has 2 nitrogen and oxygen atoms in total. The van der Waals surface area contributed by atoms with E-state index in [1.165, 1.54) is 0 Å². The van der Waals surface area contributed by atoms with Crippen molar-refractivity contribution in [3.8, 4) is 0 Å². The van der Waals surface area contributed by atoms with Crippen molar-refractivity contribution in [1.29, 1.82) is 0 Å². The van der Waals surface area contributed by atoms with E-state index in [1.54, 1.807) is 4.90 Å². The third kappa shape index (κ3) is 3.51. The minimum atomic E-state index is -0.673. The van der Waals surface area contributed by atoms with Crippen LogP contribution in [-0.2, 0) is 0 Å². The van der Waals surface area contributed by atoms with Crippen molar-refractivity contribution >= 4 is 5.91 Å². The van der Waals surface area contributed by atoms with Gasteiger partial charge in [-0.25, -0.2) is 8.78 Å². The number of carbonyl (C=O) groups is 1. The van der Waals surface area contributed by atoms with Crippen molar-refractivity contribution in [2.75, 3.05) is 13.1 Å². The fourth-order valence-corrected chi connectivity index (χ4v) is 1.69. The van der Waals surface area contributed by atoms with Crippen LogP contribution in [0.1, 0.15) is 37.0 Å². The summed E-state index contributed by atoms with van der Waals surface area (Å²) in [6.07, 6.45) is 1.59. The van der Waals surface area contributed by atoms with E-state index in [1.807, 2.05) is 13.8 Å². The largest absolute Gasteiger partial charge is 0.339 e. The molecule has 0 fully saturated rings. The molecule has 0 atom stereocenters. The average molecular weight is 241 g/mol. The number of halogens is 2. The van der Waals surface area contributed by atoms with Crippen LogP contribution in [-0.4, -0.2) is 23.9 Å². The standard InChI is InChI=1S/C13H17F2NO/c1-3-7-16(8-4-2)13(17)11-9-10(14)5-6-12(11)15/h5-6,9H,3-4,7-8H2,1-2H3. The molecular weight excluding hydrogens is 224 g/mol. The van der Waals surface area contributed by atoms with E-state index >= 15 is 0 Å². The van der Waals surface area contributed by atoms with Crippen LogP contribution in [0.15, 0.2) is 18.2 Å². The van der Waals surface area contributed by atoms with Gasteiger partial charge in [0.15, 0.2) is 0 Å². The Morgan fingerprint density at radius 1 is 1.18 bits per heavy atom. The summed E-state index contributed by atoms with van der Waals surface area (Å²) in [5, 5.41) is 0. The second-order valence-electron chi connectivity index (χ2n) is 3.92. The molecule has 1 amide bonds. The quantitative estimate of drug-likeness (QED) is 0.775. The minimum absolute atomic E-state index is 0.188. The maximum absolute atomic E-state index is 13.4. The number of carbonyl (C=O) groups excluding carboxylic acids is 1. The molecule has 0 spiro atoms. The topological polar surface area (TPSA) is 20.3 Å². The number of rotatable bonds is 5. The van der Waals surface area contributed by atoms with Crippen molar-refractivity contribution in [1.82, 2.24) is 4.90 Å². The summed E-state index contributed by atoms with van der Waals surface area (Å²) >= 11 is 0. The normalized spacial score (nSPS) is 10.4. The third-order valence-electron chi connectivity index (χ3n) is 2.43. The Morgan fingerprint density at radius 3 is 2.29 bits per heavy atom. The summed E-state index contributed by atoms with van der Waals surface area (Å²) < 4.78 is 26.5. The molecule has 0 aromatic heterocycles. The highest BCUT2D eigenvalue weighted by Gasteiger charge is 2.18. The van der Waals surface area contributed by atoms with Gasteiger partial charge in [0.25, 0.3) is 5.91 Å². The molecule has 0 aliphatic carbocycles. The highest BCUT2D eigenvalue weighted by atomic mass is 19.1. The van der Waals surface area contributed by atoms with Crippen LogP contribution in [0.5, 0.6) is 0 Å². The Kier molecular flexibility index (Phi) is 5.07. The predicted octanol–water partition coefficient (Wildman–Crippen LogP) is 3.23. The first kappa shape index (κ1) is 13.6. The Hall–Kier alpha value is -1.45. The summed E-state index contributed by atoms with van der Waals surface area (Å²) in [7, 11) is 0. The van der Waals surface area contributed by atoms with Gasteiger partial charge in [-0.05, 0) is 31.0 Å². The van der Waals surface area contributed by atoms with Crippen LogP contribution in [0.2, 0.25) is 0 Å². The molecule has 1 rings (SSSR count). The zero-order chi connectivity index (χ0) is 12.8. The number of hydrogen-bond donors (Lipinski definition) is 0. The van der Waals surface area contributed by atoms with Gasteiger partial charge in [-0.2, -0.15) is 0 Å². The highest BCUT2D eigenvalue weighted by molar-refractivity contribution is 5.94. The van der Waals surface area contributed by atoms with E-state index in [9.17, 15) is 13.6 Å². The SMILES string of the molecule is CCCN(CCC)C(=O)c1cc(F)ccc1F. The smallest absolute Gasteiger partial charge is 0.256 e. The molecular formula is C13H17F2NO. The van der Waals surface area contributed by atoms with Crippen LogP contribution in [0, 0.1) is 11.6 Å². The van der Waals surface area contributed by atoms with Crippen molar-refractivity contribution in [3.63, 3.8) is 0 Å². The maximum atomic E-state index is 13.4. The molecule has 0 radical (unpaired) electrons. The van der Waals surface area contributed by atoms with Gasteiger partial charge in [-0.1, -0.05) is 13.8 Å². The second-order valence-corrected chi connectivity index (χ2v) is 3.92. The Bertz CT molecular complexity index is 387. The molecule has 0 saturated heterocycles. The van der Waals surface area contributed by atoms with Gasteiger partial charge in [0.2, 0.25) is 0 Å². The van der Waals surface area contributed by atoms with Gasteiger partial charge in [-0.3, -0.25) is 4.79 Å². The van der Waals surface area contributed by atoms with Crippen LogP contribution >= 0.6 is 0 Å². The van der Waals surface area contributed by atoms with E-state index in [2.05, 4.69) is 0 Å². The van der Waals surface area contributed by atoms with Crippen molar-refractivity contribution < 1.29 is 13.6 Å². The summed E-state index contributed by atoms with van der Waals surface area (Å²) in [6, 6.07) is 2.95. The Morgan fingerprint density at radius 2 is 1.76 bits per heavy atom. The number of amides is 1. The number of hydrogen-bond acceptors (Lipinski definition) is 1. The first-order chi connectivity index (χ1) is 8.10. The van der Waals surface area contributed by atoms with E-state index in [0.29, 0.717) is 13.1 Å². The molecule has 0 saturated carbocycles. The molecule has 1 aromatic carbocycles. The van der Waals surface area contributed by atoms with E-state index in [4.69, 9.17) is 0 Å². The molecule has 0 bridgehead atoms. The number of benzene rings is 1. The maximum Gasteiger partial charge on any atom is 0.256 e. The molecule has 94 valence electrons. The van der Waals surface area contributed by atoms with Crippen LogP contribution in [0.4, 0.5) is 8.78 Å². The Balaban J connectivity index is 2.95.